The smallest absolute Gasteiger partial charge is 0.229 e. The van der Waals surface area contributed by atoms with Gasteiger partial charge in [0.1, 0.15) is 5.82 Å². The molecule has 0 unspecified atom stereocenters. The molecule has 0 radical (unpaired) electrons. The van der Waals surface area contributed by atoms with Gasteiger partial charge in [-0.3, -0.25) is 0 Å². The van der Waals surface area contributed by atoms with Crippen LogP contribution in [0.1, 0.15) is 18.5 Å². The lowest BCUT2D eigenvalue weighted by molar-refractivity contribution is 0.923. The Hall–Kier alpha value is -1.62. The lowest BCUT2D eigenvalue weighted by atomic mass is 10.3. The zero-order chi connectivity index (χ0) is 13.9. The number of nitrogens with zero attached hydrogens (tertiary/aromatic N) is 3. The summed E-state index contributed by atoms with van der Waals surface area (Å²) in [4.78, 5) is 11.4. The van der Waals surface area contributed by atoms with Crippen molar-refractivity contribution >= 4 is 33.4 Å². The standard InChI is InChI=1S/C15H17BrN4/c1-11-9-14(20-7-2-3-8-20)19-15(17-11)18-13-6-4-5-12(16)10-13/h4-6,9-10H,2-3,7-8H2,1H3,(H,17,18,19). The third-order valence-electron chi connectivity index (χ3n) is 3.35. The first kappa shape index (κ1) is 13.4. The predicted molar refractivity (Wildman–Crippen MR) is 85.6 cm³/mol. The second-order valence-electron chi connectivity index (χ2n) is 5.02. The van der Waals surface area contributed by atoms with Crippen LogP contribution >= 0.6 is 15.9 Å². The molecule has 1 aliphatic rings. The highest BCUT2D eigenvalue weighted by Gasteiger charge is 2.15. The average molecular weight is 333 g/mol. The summed E-state index contributed by atoms with van der Waals surface area (Å²) < 4.78 is 1.04. The summed E-state index contributed by atoms with van der Waals surface area (Å²) in [6, 6.07) is 10.1. The molecule has 0 saturated carbocycles. The van der Waals surface area contributed by atoms with Gasteiger partial charge in [-0.05, 0) is 38.0 Å². The molecule has 0 atom stereocenters. The van der Waals surface area contributed by atoms with Crippen LogP contribution < -0.4 is 10.2 Å². The number of halogens is 1. The van der Waals surface area contributed by atoms with E-state index in [0.717, 1.165) is 34.8 Å². The lowest BCUT2D eigenvalue weighted by Crippen LogP contribution is -2.19. The zero-order valence-electron chi connectivity index (χ0n) is 11.4. The number of anilines is 3. The molecule has 2 heterocycles. The highest BCUT2D eigenvalue weighted by Crippen LogP contribution is 2.22. The molecule has 0 aliphatic carbocycles. The average Bonchev–Trinajstić information content (AvgIpc) is 2.91. The fourth-order valence-corrected chi connectivity index (χ4v) is 2.81. The van der Waals surface area contributed by atoms with Crippen LogP contribution in [0, 0.1) is 6.92 Å². The number of nitrogens with one attached hydrogen (secondary N) is 1. The molecule has 104 valence electrons. The van der Waals surface area contributed by atoms with Crippen LogP contribution in [0.3, 0.4) is 0 Å². The van der Waals surface area contributed by atoms with Crippen molar-refractivity contribution in [1.82, 2.24) is 9.97 Å². The predicted octanol–water partition coefficient (Wildman–Crippen LogP) is 3.89. The Morgan fingerprint density at radius 2 is 1.95 bits per heavy atom. The van der Waals surface area contributed by atoms with Crippen molar-refractivity contribution in [3.05, 3.63) is 40.5 Å². The van der Waals surface area contributed by atoms with Gasteiger partial charge >= 0.3 is 0 Å². The summed E-state index contributed by atoms with van der Waals surface area (Å²) in [6.07, 6.45) is 2.49. The molecule has 4 nitrogen and oxygen atoms in total. The van der Waals surface area contributed by atoms with Crippen LogP contribution in [0.2, 0.25) is 0 Å². The fourth-order valence-electron chi connectivity index (χ4n) is 2.41. The minimum atomic E-state index is 0.657. The maximum absolute atomic E-state index is 4.63. The molecule has 1 aliphatic heterocycles. The Balaban J connectivity index is 1.85. The van der Waals surface area contributed by atoms with Crippen molar-refractivity contribution < 1.29 is 0 Å². The molecule has 1 saturated heterocycles. The molecule has 0 amide bonds. The molecule has 5 heteroatoms. The van der Waals surface area contributed by atoms with Crippen molar-refractivity contribution in [2.24, 2.45) is 0 Å². The van der Waals surface area contributed by atoms with Gasteiger partial charge in [-0.25, -0.2) is 4.98 Å². The normalized spacial score (nSPS) is 14.6. The number of aromatic nitrogens is 2. The van der Waals surface area contributed by atoms with Gasteiger partial charge in [0.15, 0.2) is 0 Å². The van der Waals surface area contributed by atoms with Crippen LogP contribution in [0.4, 0.5) is 17.5 Å². The Kier molecular flexibility index (Phi) is 3.87. The maximum atomic E-state index is 4.63. The second-order valence-corrected chi connectivity index (χ2v) is 5.94. The van der Waals surface area contributed by atoms with Crippen molar-refractivity contribution in [2.45, 2.75) is 19.8 Å². The quantitative estimate of drug-likeness (QED) is 0.925. The van der Waals surface area contributed by atoms with E-state index < -0.39 is 0 Å². The topological polar surface area (TPSA) is 41.1 Å². The minimum absolute atomic E-state index is 0.657. The summed E-state index contributed by atoms with van der Waals surface area (Å²) in [7, 11) is 0. The molecular formula is C15H17BrN4. The maximum Gasteiger partial charge on any atom is 0.229 e. The molecule has 1 aromatic heterocycles. The van der Waals surface area contributed by atoms with Crippen LogP contribution in [0.5, 0.6) is 0 Å². The second kappa shape index (κ2) is 5.79. The molecule has 0 bridgehead atoms. The van der Waals surface area contributed by atoms with E-state index in [1.807, 2.05) is 31.2 Å². The van der Waals surface area contributed by atoms with Crippen molar-refractivity contribution in [1.29, 1.82) is 0 Å². The number of aryl methyl sites for hydroxylation is 1. The third-order valence-corrected chi connectivity index (χ3v) is 3.84. The Morgan fingerprint density at radius 1 is 1.15 bits per heavy atom. The summed E-state index contributed by atoms with van der Waals surface area (Å²) >= 11 is 3.47. The van der Waals surface area contributed by atoms with E-state index in [-0.39, 0.29) is 0 Å². The Labute approximate surface area is 127 Å². The molecule has 1 N–H and O–H groups in total. The largest absolute Gasteiger partial charge is 0.356 e. The van der Waals surface area contributed by atoms with E-state index in [0.29, 0.717) is 5.95 Å². The first-order valence-corrected chi connectivity index (χ1v) is 7.63. The van der Waals surface area contributed by atoms with Gasteiger partial charge in [0, 0.05) is 35.0 Å². The van der Waals surface area contributed by atoms with E-state index in [9.17, 15) is 0 Å². The molecule has 0 spiro atoms. The summed E-state index contributed by atoms with van der Waals surface area (Å²) in [6.45, 7) is 4.19. The van der Waals surface area contributed by atoms with Gasteiger partial charge in [0.2, 0.25) is 5.95 Å². The highest BCUT2D eigenvalue weighted by atomic mass is 79.9. The summed E-state index contributed by atoms with van der Waals surface area (Å²) in [5, 5.41) is 3.27. The summed E-state index contributed by atoms with van der Waals surface area (Å²) in [5.41, 5.74) is 1.97. The number of hydrogen-bond acceptors (Lipinski definition) is 4. The molecular weight excluding hydrogens is 316 g/mol. The highest BCUT2D eigenvalue weighted by molar-refractivity contribution is 9.10. The fraction of sp³-hybridized carbons (Fsp3) is 0.333. The first-order valence-electron chi connectivity index (χ1n) is 6.84. The Bertz CT molecular complexity index is 609. The zero-order valence-corrected chi connectivity index (χ0v) is 13.0. The minimum Gasteiger partial charge on any atom is -0.356 e. The van der Waals surface area contributed by atoms with Gasteiger partial charge in [0.25, 0.3) is 0 Å². The molecule has 1 fully saturated rings. The van der Waals surface area contributed by atoms with Gasteiger partial charge in [-0.15, -0.1) is 0 Å². The lowest BCUT2D eigenvalue weighted by Gasteiger charge is -2.17. The molecule has 2 aromatic rings. The van der Waals surface area contributed by atoms with Crippen LogP contribution in [0.15, 0.2) is 34.8 Å². The van der Waals surface area contributed by atoms with E-state index in [1.165, 1.54) is 12.8 Å². The first-order chi connectivity index (χ1) is 9.70. The molecule has 1 aromatic carbocycles. The number of hydrogen-bond donors (Lipinski definition) is 1. The third kappa shape index (κ3) is 3.10. The monoisotopic (exact) mass is 332 g/mol. The Morgan fingerprint density at radius 3 is 2.70 bits per heavy atom. The van der Waals surface area contributed by atoms with Crippen LogP contribution in [0.25, 0.3) is 0 Å². The van der Waals surface area contributed by atoms with Gasteiger partial charge in [-0.2, -0.15) is 4.98 Å². The van der Waals surface area contributed by atoms with E-state index in [2.05, 4.69) is 42.2 Å². The van der Waals surface area contributed by atoms with Crippen molar-refractivity contribution in [3.63, 3.8) is 0 Å². The van der Waals surface area contributed by atoms with E-state index >= 15 is 0 Å². The van der Waals surface area contributed by atoms with Crippen LogP contribution in [-0.2, 0) is 0 Å². The van der Waals surface area contributed by atoms with E-state index in [4.69, 9.17) is 0 Å². The van der Waals surface area contributed by atoms with E-state index in [1.54, 1.807) is 0 Å². The van der Waals surface area contributed by atoms with Gasteiger partial charge < -0.3 is 10.2 Å². The van der Waals surface area contributed by atoms with Gasteiger partial charge in [0.05, 0.1) is 0 Å². The van der Waals surface area contributed by atoms with Crippen LogP contribution in [-0.4, -0.2) is 23.1 Å². The number of benzene rings is 1. The molecule has 3 rings (SSSR count). The number of rotatable bonds is 3. The van der Waals surface area contributed by atoms with Crippen molar-refractivity contribution in [3.8, 4) is 0 Å². The SMILES string of the molecule is Cc1cc(N2CCCC2)nc(Nc2cccc(Br)c2)n1. The summed E-state index contributed by atoms with van der Waals surface area (Å²) in [5.74, 6) is 1.68. The van der Waals surface area contributed by atoms with Gasteiger partial charge in [-0.1, -0.05) is 22.0 Å². The van der Waals surface area contributed by atoms with Crippen molar-refractivity contribution in [2.75, 3.05) is 23.3 Å². The molecule has 20 heavy (non-hydrogen) atoms.